The Morgan fingerprint density at radius 2 is 1.48 bits per heavy atom. The van der Waals surface area contributed by atoms with Gasteiger partial charge in [0.25, 0.3) is 11.8 Å². The van der Waals surface area contributed by atoms with Gasteiger partial charge in [-0.15, -0.1) is 0 Å². The summed E-state index contributed by atoms with van der Waals surface area (Å²) in [5.41, 5.74) is 8.89. The first-order chi connectivity index (χ1) is 20.4. The lowest BCUT2D eigenvalue weighted by atomic mass is 10.1. The Bertz CT molecular complexity index is 1520. The number of halogens is 2. The summed E-state index contributed by atoms with van der Waals surface area (Å²) < 4.78 is 27.6. The molecule has 0 atom stereocenters. The van der Waals surface area contributed by atoms with Gasteiger partial charge in [0.2, 0.25) is 5.95 Å². The van der Waals surface area contributed by atoms with Gasteiger partial charge in [-0.05, 0) is 47.0 Å². The molecule has 1 fully saturated rings. The second-order valence-corrected chi connectivity index (χ2v) is 10.00. The topological polar surface area (TPSA) is 116 Å². The molecule has 42 heavy (non-hydrogen) atoms. The first-order valence-corrected chi connectivity index (χ1v) is 13.6. The van der Waals surface area contributed by atoms with Crippen molar-refractivity contribution in [3.8, 4) is 0 Å². The molecule has 2 amide bonds. The second-order valence-electron chi connectivity index (χ2n) is 10.00. The number of carbonyl (C=O) groups is 2. The molecule has 1 saturated heterocycles. The Morgan fingerprint density at radius 3 is 2.14 bits per heavy atom. The summed E-state index contributed by atoms with van der Waals surface area (Å²) in [6.07, 6.45) is 3.42. The molecule has 2 heterocycles. The van der Waals surface area contributed by atoms with Crippen LogP contribution in [0.4, 0.5) is 20.4 Å². The van der Waals surface area contributed by atoms with E-state index < -0.39 is 17.5 Å². The van der Waals surface area contributed by atoms with Gasteiger partial charge < -0.3 is 21.3 Å². The van der Waals surface area contributed by atoms with Crippen LogP contribution in [0.3, 0.4) is 0 Å². The molecule has 0 aliphatic carbocycles. The predicted molar refractivity (Wildman–Crippen MR) is 156 cm³/mol. The van der Waals surface area contributed by atoms with Crippen molar-refractivity contribution in [1.29, 1.82) is 0 Å². The minimum Gasteiger partial charge on any atom is -0.348 e. The number of nitrogens with one attached hydrogen (secondary N) is 2. The summed E-state index contributed by atoms with van der Waals surface area (Å²) in [6.45, 7) is 4.14. The molecule has 1 aliphatic rings. The molecule has 0 unspecified atom stereocenters. The lowest BCUT2D eigenvalue weighted by Crippen LogP contribution is -2.46. The molecule has 11 heteroatoms. The fourth-order valence-corrected chi connectivity index (χ4v) is 4.73. The smallest absolute Gasteiger partial charge is 0.255 e. The van der Waals surface area contributed by atoms with Crippen LogP contribution in [0, 0.1) is 11.6 Å². The number of anilines is 2. The van der Waals surface area contributed by atoms with Crippen LogP contribution in [0.25, 0.3) is 0 Å². The van der Waals surface area contributed by atoms with E-state index in [1.54, 1.807) is 36.7 Å². The van der Waals surface area contributed by atoms with Crippen LogP contribution in [0.5, 0.6) is 0 Å². The Morgan fingerprint density at radius 1 is 0.810 bits per heavy atom. The Kier molecular flexibility index (Phi) is 9.10. The standard InChI is InChI=1S/C31H31F2N7O2/c32-26-14-25(15-27(33)17-26)30(42)38-28-16-23(29(41)37-19-22-4-2-21(18-34)3-5-22)6-7-24(28)20-39-10-12-40(13-11-39)31-35-8-1-9-36-31/h1-9,14-17H,10-13,18-20,34H2,(H,37,41)(H,38,42). The maximum atomic E-state index is 13.8. The third-order valence-electron chi connectivity index (χ3n) is 7.06. The number of hydrogen-bond acceptors (Lipinski definition) is 7. The first-order valence-electron chi connectivity index (χ1n) is 13.6. The zero-order valence-corrected chi connectivity index (χ0v) is 22.9. The average Bonchev–Trinajstić information content (AvgIpc) is 3.01. The molecular weight excluding hydrogens is 540 g/mol. The quantitative estimate of drug-likeness (QED) is 0.280. The number of aromatic nitrogens is 2. The van der Waals surface area contributed by atoms with Gasteiger partial charge >= 0.3 is 0 Å². The summed E-state index contributed by atoms with van der Waals surface area (Å²) in [5, 5.41) is 5.66. The fraction of sp³-hybridized carbons (Fsp3) is 0.226. The highest BCUT2D eigenvalue weighted by molar-refractivity contribution is 6.05. The molecule has 1 aliphatic heterocycles. The van der Waals surface area contributed by atoms with E-state index in [9.17, 15) is 18.4 Å². The zero-order valence-electron chi connectivity index (χ0n) is 22.9. The minimum absolute atomic E-state index is 0.161. The molecule has 3 aromatic carbocycles. The normalized spacial score (nSPS) is 13.5. The van der Waals surface area contributed by atoms with Crippen molar-refractivity contribution in [3.05, 3.63) is 119 Å². The highest BCUT2D eigenvalue weighted by Crippen LogP contribution is 2.23. The maximum absolute atomic E-state index is 13.8. The molecule has 5 rings (SSSR count). The van der Waals surface area contributed by atoms with E-state index in [-0.39, 0.29) is 11.5 Å². The number of nitrogens with zero attached hydrogens (tertiary/aromatic N) is 4. The van der Waals surface area contributed by atoms with E-state index in [2.05, 4.69) is 30.4 Å². The van der Waals surface area contributed by atoms with Gasteiger partial charge in [0.1, 0.15) is 11.6 Å². The predicted octanol–water partition coefficient (Wildman–Crippen LogP) is 3.72. The second kappa shape index (κ2) is 13.3. The highest BCUT2D eigenvalue weighted by atomic mass is 19.1. The molecule has 4 aromatic rings. The van der Waals surface area contributed by atoms with Crippen LogP contribution in [-0.2, 0) is 19.6 Å². The number of hydrogen-bond donors (Lipinski definition) is 3. The SMILES string of the molecule is NCc1ccc(CNC(=O)c2ccc(CN3CCN(c4ncccn4)CC3)c(NC(=O)c3cc(F)cc(F)c3)c2)cc1. The zero-order chi connectivity index (χ0) is 29.5. The van der Waals surface area contributed by atoms with Crippen molar-refractivity contribution < 1.29 is 18.4 Å². The number of piperazine rings is 1. The van der Waals surface area contributed by atoms with Crippen LogP contribution < -0.4 is 21.3 Å². The van der Waals surface area contributed by atoms with Gasteiger partial charge in [-0.1, -0.05) is 30.3 Å². The number of amides is 2. The number of benzene rings is 3. The third-order valence-corrected chi connectivity index (χ3v) is 7.06. The highest BCUT2D eigenvalue weighted by Gasteiger charge is 2.21. The lowest BCUT2D eigenvalue weighted by Gasteiger charge is -2.35. The van der Waals surface area contributed by atoms with E-state index in [1.165, 1.54) is 0 Å². The van der Waals surface area contributed by atoms with E-state index in [0.29, 0.717) is 42.9 Å². The van der Waals surface area contributed by atoms with Gasteiger partial charge in [-0.3, -0.25) is 14.5 Å². The average molecular weight is 572 g/mol. The van der Waals surface area contributed by atoms with Crippen LogP contribution in [0.15, 0.2) is 79.1 Å². The molecule has 0 saturated carbocycles. The molecule has 4 N–H and O–H groups in total. The number of nitrogens with two attached hydrogens (primary N) is 1. The molecule has 0 radical (unpaired) electrons. The monoisotopic (exact) mass is 571 g/mol. The first kappa shape index (κ1) is 28.8. The van der Waals surface area contributed by atoms with Gasteiger partial charge in [0.15, 0.2) is 0 Å². The van der Waals surface area contributed by atoms with E-state index >= 15 is 0 Å². The van der Waals surface area contributed by atoms with Crippen LogP contribution in [0.1, 0.15) is 37.4 Å². The summed E-state index contributed by atoms with van der Waals surface area (Å²) in [4.78, 5) is 39.0. The fourth-order valence-electron chi connectivity index (χ4n) is 4.73. The van der Waals surface area contributed by atoms with E-state index in [0.717, 1.165) is 55.0 Å². The van der Waals surface area contributed by atoms with Crippen LogP contribution in [-0.4, -0.2) is 52.9 Å². The molecule has 0 bridgehead atoms. The van der Waals surface area contributed by atoms with Crippen molar-refractivity contribution in [1.82, 2.24) is 20.2 Å². The Hall–Kier alpha value is -4.74. The van der Waals surface area contributed by atoms with Crippen LogP contribution in [0.2, 0.25) is 0 Å². The summed E-state index contributed by atoms with van der Waals surface area (Å²) in [5.74, 6) is -2.04. The van der Waals surface area contributed by atoms with Crippen molar-refractivity contribution in [3.63, 3.8) is 0 Å². The van der Waals surface area contributed by atoms with Gasteiger partial charge in [-0.2, -0.15) is 0 Å². The van der Waals surface area contributed by atoms with Gasteiger partial charge in [0.05, 0.1) is 0 Å². The molecule has 9 nitrogen and oxygen atoms in total. The number of rotatable bonds is 9. The molecule has 0 spiro atoms. The minimum atomic E-state index is -0.853. The van der Waals surface area contributed by atoms with Crippen molar-refractivity contribution in [2.45, 2.75) is 19.6 Å². The van der Waals surface area contributed by atoms with Gasteiger partial charge in [-0.25, -0.2) is 18.7 Å². The summed E-state index contributed by atoms with van der Waals surface area (Å²) in [7, 11) is 0. The Labute approximate surface area is 242 Å². The van der Waals surface area contributed by atoms with Crippen molar-refractivity contribution >= 4 is 23.5 Å². The largest absolute Gasteiger partial charge is 0.348 e. The van der Waals surface area contributed by atoms with Crippen molar-refractivity contribution in [2.75, 3.05) is 36.4 Å². The maximum Gasteiger partial charge on any atom is 0.255 e. The molecular formula is C31H31F2N7O2. The van der Waals surface area contributed by atoms with Crippen LogP contribution >= 0.6 is 0 Å². The lowest BCUT2D eigenvalue weighted by molar-refractivity contribution is 0.0949. The number of carbonyl (C=O) groups excluding carboxylic acids is 2. The van der Waals surface area contributed by atoms with Gasteiger partial charge in [0, 0.05) is 81.1 Å². The van der Waals surface area contributed by atoms with E-state index in [4.69, 9.17) is 5.73 Å². The summed E-state index contributed by atoms with van der Waals surface area (Å²) >= 11 is 0. The summed E-state index contributed by atoms with van der Waals surface area (Å²) in [6, 6.07) is 17.1. The molecule has 1 aromatic heterocycles. The van der Waals surface area contributed by atoms with E-state index in [1.807, 2.05) is 24.3 Å². The Balaban J connectivity index is 1.32. The molecule has 216 valence electrons. The van der Waals surface area contributed by atoms with Crippen molar-refractivity contribution in [2.24, 2.45) is 5.73 Å². The third kappa shape index (κ3) is 7.31.